The summed E-state index contributed by atoms with van der Waals surface area (Å²) in [5, 5.41) is 20.0. The number of rotatable bonds is 3. The van der Waals surface area contributed by atoms with Crippen LogP contribution in [0, 0.1) is 0 Å². The maximum atomic E-state index is 10.8. The van der Waals surface area contributed by atoms with Crippen LogP contribution < -0.4 is 5.69 Å². The van der Waals surface area contributed by atoms with E-state index in [9.17, 15) is 4.79 Å². The predicted molar refractivity (Wildman–Crippen MR) is 59.4 cm³/mol. The molecule has 0 saturated heterocycles. The van der Waals surface area contributed by atoms with Crippen LogP contribution in [0.2, 0.25) is 0 Å². The lowest BCUT2D eigenvalue weighted by molar-refractivity contribution is 0.555. The highest BCUT2D eigenvalue weighted by Crippen LogP contribution is 2.19. The van der Waals surface area contributed by atoms with Crippen molar-refractivity contribution in [3.63, 3.8) is 0 Å². The Hall–Kier alpha value is -2.29. The SMILES string of the molecule is O=c1[nH]nc(Cn2nnc(-c3cccs3)n2)[nH]1. The molecule has 8 nitrogen and oxygen atoms in total. The van der Waals surface area contributed by atoms with E-state index in [4.69, 9.17) is 0 Å². The minimum atomic E-state index is -0.349. The molecular formula is C8H7N7OS. The third-order valence-electron chi connectivity index (χ3n) is 2.04. The lowest BCUT2D eigenvalue weighted by Gasteiger charge is -1.91. The molecule has 0 aliphatic heterocycles. The molecule has 86 valence electrons. The second-order valence-corrected chi connectivity index (χ2v) is 4.19. The quantitative estimate of drug-likeness (QED) is 0.672. The maximum absolute atomic E-state index is 10.8. The Morgan fingerprint density at radius 3 is 3.12 bits per heavy atom. The van der Waals surface area contributed by atoms with Gasteiger partial charge in [-0.1, -0.05) is 6.07 Å². The molecule has 9 heteroatoms. The summed E-state index contributed by atoms with van der Waals surface area (Å²) in [6.45, 7) is 0.275. The summed E-state index contributed by atoms with van der Waals surface area (Å²) in [7, 11) is 0. The molecule has 0 bridgehead atoms. The molecule has 0 atom stereocenters. The molecule has 3 rings (SSSR count). The molecule has 3 aromatic rings. The number of aromatic amines is 2. The number of thiophene rings is 1. The van der Waals surface area contributed by atoms with Gasteiger partial charge in [-0.3, -0.25) is 4.98 Å². The lowest BCUT2D eigenvalue weighted by Crippen LogP contribution is -2.07. The van der Waals surface area contributed by atoms with Crippen molar-refractivity contribution in [2.75, 3.05) is 0 Å². The number of nitrogens with zero attached hydrogens (tertiary/aromatic N) is 5. The van der Waals surface area contributed by atoms with E-state index in [0.29, 0.717) is 11.6 Å². The fourth-order valence-electron chi connectivity index (χ4n) is 1.33. The summed E-state index contributed by atoms with van der Waals surface area (Å²) < 4.78 is 0. The Morgan fingerprint density at radius 2 is 2.41 bits per heavy atom. The smallest absolute Gasteiger partial charge is 0.291 e. The third kappa shape index (κ3) is 1.99. The number of hydrogen-bond acceptors (Lipinski definition) is 6. The highest BCUT2D eigenvalue weighted by Gasteiger charge is 2.08. The van der Waals surface area contributed by atoms with Gasteiger partial charge in [0.25, 0.3) is 0 Å². The summed E-state index contributed by atoms with van der Waals surface area (Å²) in [4.78, 5) is 15.7. The molecule has 3 aromatic heterocycles. The Balaban J connectivity index is 1.83. The van der Waals surface area contributed by atoms with Gasteiger partial charge in [0.15, 0.2) is 5.82 Å². The van der Waals surface area contributed by atoms with Crippen LogP contribution in [0.15, 0.2) is 22.3 Å². The van der Waals surface area contributed by atoms with Crippen molar-refractivity contribution in [2.45, 2.75) is 6.54 Å². The Labute approximate surface area is 98.3 Å². The van der Waals surface area contributed by atoms with E-state index < -0.39 is 0 Å². The number of tetrazole rings is 1. The predicted octanol–water partition coefficient (Wildman–Crippen LogP) is -0.139. The zero-order chi connectivity index (χ0) is 11.7. The molecule has 17 heavy (non-hydrogen) atoms. The molecule has 0 unspecified atom stereocenters. The highest BCUT2D eigenvalue weighted by atomic mass is 32.1. The van der Waals surface area contributed by atoms with Gasteiger partial charge in [0.1, 0.15) is 6.54 Å². The average molecular weight is 249 g/mol. The number of hydrogen-bond donors (Lipinski definition) is 2. The van der Waals surface area contributed by atoms with Gasteiger partial charge < -0.3 is 0 Å². The van der Waals surface area contributed by atoms with Gasteiger partial charge in [0, 0.05) is 0 Å². The van der Waals surface area contributed by atoms with Crippen molar-refractivity contribution in [3.8, 4) is 10.7 Å². The molecule has 0 saturated carbocycles. The molecule has 2 N–H and O–H groups in total. The second-order valence-electron chi connectivity index (χ2n) is 3.25. The van der Waals surface area contributed by atoms with Crippen LogP contribution in [-0.2, 0) is 6.54 Å². The third-order valence-corrected chi connectivity index (χ3v) is 2.90. The molecular weight excluding hydrogens is 242 g/mol. The van der Waals surface area contributed by atoms with E-state index in [1.165, 1.54) is 4.80 Å². The van der Waals surface area contributed by atoms with Crippen LogP contribution in [-0.4, -0.2) is 35.4 Å². The molecule has 0 amide bonds. The minimum Gasteiger partial charge on any atom is -0.291 e. The fraction of sp³-hybridized carbons (Fsp3) is 0.125. The van der Waals surface area contributed by atoms with E-state index in [-0.39, 0.29) is 12.2 Å². The minimum absolute atomic E-state index is 0.275. The summed E-state index contributed by atoms with van der Waals surface area (Å²) >= 11 is 1.54. The number of H-pyrrole nitrogens is 2. The van der Waals surface area contributed by atoms with Crippen LogP contribution in [0.1, 0.15) is 5.82 Å². The van der Waals surface area contributed by atoms with Crippen LogP contribution in [0.25, 0.3) is 10.7 Å². The van der Waals surface area contributed by atoms with Crippen molar-refractivity contribution >= 4 is 11.3 Å². The normalized spacial score (nSPS) is 10.8. The summed E-state index contributed by atoms with van der Waals surface area (Å²) in [6, 6.07) is 3.84. The molecule has 0 aliphatic rings. The average Bonchev–Trinajstić information content (AvgIpc) is 3.00. The van der Waals surface area contributed by atoms with Gasteiger partial charge in [0.05, 0.1) is 4.88 Å². The first-order valence-electron chi connectivity index (χ1n) is 4.76. The van der Waals surface area contributed by atoms with E-state index in [1.807, 2.05) is 17.5 Å². The van der Waals surface area contributed by atoms with Gasteiger partial charge >= 0.3 is 5.69 Å². The lowest BCUT2D eigenvalue weighted by atomic mass is 10.5. The Bertz CT molecular complexity index is 664. The van der Waals surface area contributed by atoms with Crippen molar-refractivity contribution in [1.29, 1.82) is 0 Å². The standard InChI is InChI=1S/C8H7N7OS/c16-8-9-6(10-12-8)4-15-13-7(11-14-15)5-2-1-3-17-5/h1-3H,4H2,(H2,9,10,12,16). The summed E-state index contributed by atoms with van der Waals surface area (Å²) in [5.74, 6) is 1.03. The van der Waals surface area contributed by atoms with Crippen LogP contribution in [0.3, 0.4) is 0 Å². The largest absolute Gasteiger partial charge is 0.340 e. The van der Waals surface area contributed by atoms with Crippen molar-refractivity contribution in [1.82, 2.24) is 35.4 Å². The van der Waals surface area contributed by atoms with Crippen molar-refractivity contribution in [2.24, 2.45) is 0 Å². The zero-order valence-corrected chi connectivity index (χ0v) is 9.31. The van der Waals surface area contributed by atoms with Crippen LogP contribution in [0.4, 0.5) is 0 Å². The maximum Gasteiger partial charge on any atom is 0.340 e. The fourth-order valence-corrected chi connectivity index (χ4v) is 1.98. The van der Waals surface area contributed by atoms with Gasteiger partial charge in [-0.25, -0.2) is 9.89 Å². The van der Waals surface area contributed by atoms with Gasteiger partial charge in [-0.15, -0.1) is 21.5 Å². The van der Waals surface area contributed by atoms with E-state index in [2.05, 4.69) is 30.6 Å². The van der Waals surface area contributed by atoms with Gasteiger partial charge in [-0.2, -0.15) is 9.90 Å². The van der Waals surface area contributed by atoms with Gasteiger partial charge in [-0.05, 0) is 16.7 Å². The Kier molecular flexibility index (Phi) is 2.29. The van der Waals surface area contributed by atoms with Crippen LogP contribution in [0.5, 0.6) is 0 Å². The zero-order valence-electron chi connectivity index (χ0n) is 8.49. The monoisotopic (exact) mass is 249 g/mol. The first-order chi connectivity index (χ1) is 8.31. The number of nitrogens with one attached hydrogen (secondary N) is 2. The van der Waals surface area contributed by atoms with Gasteiger partial charge in [0.2, 0.25) is 5.82 Å². The molecule has 0 radical (unpaired) electrons. The number of aromatic nitrogens is 7. The summed E-state index contributed by atoms with van der Waals surface area (Å²) in [5.41, 5.74) is -0.349. The molecule has 0 fully saturated rings. The molecule has 0 aliphatic carbocycles. The van der Waals surface area contributed by atoms with E-state index in [0.717, 1.165) is 4.88 Å². The topological polar surface area (TPSA) is 105 Å². The van der Waals surface area contributed by atoms with Crippen molar-refractivity contribution in [3.05, 3.63) is 33.8 Å². The Morgan fingerprint density at radius 1 is 1.47 bits per heavy atom. The van der Waals surface area contributed by atoms with Crippen LogP contribution >= 0.6 is 11.3 Å². The molecule has 0 spiro atoms. The second kappa shape index (κ2) is 3.94. The summed E-state index contributed by atoms with van der Waals surface area (Å²) in [6.07, 6.45) is 0. The van der Waals surface area contributed by atoms with E-state index in [1.54, 1.807) is 11.3 Å². The van der Waals surface area contributed by atoms with Crippen molar-refractivity contribution < 1.29 is 0 Å². The first-order valence-corrected chi connectivity index (χ1v) is 5.64. The molecule has 3 heterocycles. The highest BCUT2D eigenvalue weighted by molar-refractivity contribution is 7.13. The first kappa shape index (κ1) is 9.90. The molecule has 0 aromatic carbocycles. The van der Waals surface area contributed by atoms with E-state index >= 15 is 0 Å².